The molecule has 0 aromatic heterocycles. The van der Waals surface area contributed by atoms with E-state index in [9.17, 15) is 19.2 Å². The Labute approximate surface area is 174 Å². The normalized spacial score (nSPS) is 12.1. The fourth-order valence-corrected chi connectivity index (χ4v) is 2.45. The Kier molecular flexibility index (Phi) is 8.37. The predicted molar refractivity (Wildman–Crippen MR) is 111 cm³/mol. The van der Waals surface area contributed by atoms with Gasteiger partial charge in [-0.05, 0) is 26.0 Å². The standard InChI is InChI=1S/C21H24N4O5/c1-3-22-20(28)25-18(26)17(15-10-6-4-7-11-15)30-19(27)14(2)23-21(29)24-16-12-8-5-9-13-16/h4-14,17H,3H2,1-2H3,(H2,23,24,29)(H2,22,25,26,28)/t14-,17+/m0/s1. The highest BCUT2D eigenvalue weighted by molar-refractivity contribution is 5.98. The van der Waals surface area contributed by atoms with Gasteiger partial charge in [0, 0.05) is 17.8 Å². The summed E-state index contributed by atoms with van der Waals surface area (Å²) in [5.41, 5.74) is 0.938. The minimum absolute atomic E-state index is 0.326. The molecule has 9 nitrogen and oxygen atoms in total. The number of nitrogens with one attached hydrogen (secondary N) is 4. The molecule has 0 bridgehead atoms. The number of esters is 1. The number of para-hydroxylation sites is 1. The third kappa shape index (κ3) is 6.93. The summed E-state index contributed by atoms with van der Waals surface area (Å²) in [7, 11) is 0. The van der Waals surface area contributed by atoms with Gasteiger partial charge < -0.3 is 20.7 Å². The van der Waals surface area contributed by atoms with Crippen molar-refractivity contribution in [2.45, 2.75) is 26.0 Å². The molecular formula is C21H24N4O5. The van der Waals surface area contributed by atoms with Gasteiger partial charge in [0.25, 0.3) is 5.91 Å². The number of carbonyl (C=O) groups excluding carboxylic acids is 4. The molecule has 0 aliphatic carbocycles. The monoisotopic (exact) mass is 412 g/mol. The molecule has 0 fully saturated rings. The second kappa shape index (κ2) is 11.2. The third-order valence-electron chi connectivity index (χ3n) is 3.88. The van der Waals surface area contributed by atoms with Crippen LogP contribution >= 0.6 is 0 Å². The fourth-order valence-electron chi connectivity index (χ4n) is 2.45. The Morgan fingerprint density at radius 1 is 0.900 bits per heavy atom. The molecular weight excluding hydrogens is 388 g/mol. The summed E-state index contributed by atoms with van der Waals surface area (Å²) in [6, 6.07) is 14.6. The van der Waals surface area contributed by atoms with Crippen molar-refractivity contribution in [1.82, 2.24) is 16.0 Å². The van der Waals surface area contributed by atoms with Crippen LogP contribution in [0.4, 0.5) is 15.3 Å². The summed E-state index contributed by atoms with van der Waals surface area (Å²) < 4.78 is 5.32. The van der Waals surface area contributed by atoms with Crippen molar-refractivity contribution < 1.29 is 23.9 Å². The van der Waals surface area contributed by atoms with E-state index < -0.39 is 36.1 Å². The van der Waals surface area contributed by atoms with E-state index in [1.807, 2.05) is 0 Å². The van der Waals surface area contributed by atoms with Crippen molar-refractivity contribution in [3.63, 3.8) is 0 Å². The zero-order chi connectivity index (χ0) is 21.9. The van der Waals surface area contributed by atoms with Crippen molar-refractivity contribution in [3.8, 4) is 0 Å². The van der Waals surface area contributed by atoms with Crippen LogP contribution in [0.3, 0.4) is 0 Å². The molecule has 0 saturated heterocycles. The highest BCUT2D eigenvalue weighted by Gasteiger charge is 2.29. The van der Waals surface area contributed by atoms with Gasteiger partial charge in [-0.3, -0.25) is 10.1 Å². The van der Waals surface area contributed by atoms with E-state index in [1.165, 1.54) is 6.92 Å². The van der Waals surface area contributed by atoms with Crippen LogP contribution in [0.25, 0.3) is 0 Å². The number of hydrogen-bond donors (Lipinski definition) is 4. The van der Waals surface area contributed by atoms with E-state index in [0.717, 1.165) is 0 Å². The first-order valence-corrected chi connectivity index (χ1v) is 9.37. The Morgan fingerprint density at radius 2 is 1.50 bits per heavy atom. The first kappa shape index (κ1) is 22.4. The Balaban J connectivity index is 2.02. The van der Waals surface area contributed by atoms with Crippen LogP contribution in [0.5, 0.6) is 0 Å². The van der Waals surface area contributed by atoms with Crippen molar-refractivity contribution in [2.24, 2.45) is 0 Å². The highest BCUT2D eigenvalue weighted by atomic mass is 16.5. The summed E-state index contributed by atoms with van der Waals surface area (Å²) in [4.78, 5) is 48.7. The van der Waals surface area contributed by atoms with E-state index in [4.69, 9.17) is 4.74 Å². The average molecular weight is 412 g/mol. The average Bonchev–Trinajstić information content (AvgIpc) is 2.73. The maximum Gasteiger partial charge on any atom is 0.329 e. The number of hydrogen-bond acceptors (Lipinski definition) is 5. The molecule has 0 radical (unpaired) electrons. The second-order valence-electron chi connectivity index (χ2n) is 6.26. The van der Waals surface area contributed by atoms with Gasteiger partial charge in [-0.25, -0.2) is 14.4 Å². The lowest BCUT2D eigenvalue weighted by atomic mass is 10.1. The van der Waals surface area contributed by atoms with Gasteiger partial charge in [-0.2, -0.15) is 0 Å². The lowest BCUT2D eigenvalue weighted by Gasteiger charge is -2.20. The summed E-state index contributed by atoms with van der Waals surface area (Å²) >= 11 is 0. The van der Waals surface area contributed by atoms with Crippen LogP contribution in [-0.2, 0) is 14.3 Å². The van der Waals surface area contributed by atoms with Crippen molar-refractivity contribution in [3.05, 3.63) is 66.2 Å². The molecule has 30 heavy (non-hydrogen) atoms. The molecule has 2 rings (SSSR count). The number of rotatable bonds is 7. The zero-order valence-electron chi connectivity index (χ0n) is 16.7. The minimum atomic E-state index is -1.36. The predicted octanol–water partition coefficient (Wildman–Crippen LogP) is 2.33. The van der Waals surface area contributed by atoms with E-state index in [1.54, 1.807) is 67.6 Å². The SMILES string of the molecule is CCNC(=O)NC(=O)[C@H](OC(=O)[C@H](C)NC(=O)Nc1ccccc1)c1ccccc1. The van der Waals surface area contributed by atoms with Crippen molar-refractivity contribution >= 4 is 29.6 Å². The Morgan fingerprint density at radius 3 is 2.10 bits per heavy atom. The van der Waals surface area contributed by atoms with Gasteiger partial charge in [0.1, 0.15) is 6.04 Å². The van der Waals surface area contributed by atoms with E-state index in [-0.39, 0.29) is 0 Å². The fraction of sp³-hybridized carbons (Fsp3) is 0.238. The third-order valence-corrected chi connectivity index (χ3v) is 3.88. The molecule has 0 spiro atoms. The number of amides is 5. The molecule has 158 valence electrons. The molecule has 4 N–H and O–H groups in total. The van der Waals surface area contributed by atoms with Crippen LogP contribution < -0.4 is 21.3 Å². The van der Waals surface area contributed by atoms with E-state index in [2.05, 4.69) is 21.3 Å². The number of urea groups is 2. The quantitative estimate of drug-likeness (QED) is 0.520. The van der Waals surface area contributed by atoms with Crippen molar-refractivity contribution in [2.75, 3.05) is 11.9 Å². The number of ether oxygens (including phenoxy) is 1. The smallest absolute Gasteiger partial charge is 0.329 e. The summed E-state index contributed by atoms with van der Waals surface area (Å²) in [5, 5.41) is 9.60. The zero-order valence-corrected chi connectivity index (χ0v) is 16.7. The second-order valence-corrected chi connectivity index (χ2v) is 6.26. The molecule has 2 atom stereocenters. The van der Waals surface area contributed by atoms with Crippen LogP contribution in [0.15, 0.2) is 60.7 Å². The maximum absolute atomic E-state index is 12.5. The highest BCUT2D eigenvalue weighted by Crippen LogP contribution is 2.18. The van der Waals surface area contributed by atoms with Gasteiger partial charge in [-0.1, -0.05) is 48.5 Å². The van der Waals surface area contributed by atoms with Gasteiger partial charge in [-0.15, -0.1) is 0 Å². The number of benzene rings is 2. The summed E-state index contributed by atoms with van der Waals surface area (Å²) in [6.45, 7) is 3.45. The van der Waals surface area contributed by atoms with Crippen LogP contribution in [0, 0.1) is 0 Å². The lowest BCUT2D eigenvalue weighted by molar-refractivity contribution is -0.157. The molecule has 0 saturated carbocycles. The Hall–Kier alpha value is -3.88. The Bertz CT molecular complexity index is 873. The molecule has 0 heterocycles. The van der Waals surface area contributed by atoms with Gasteiger partial charge >= 0.3 is 18.0 Å². The topological polar surface area (TPSA) is 126 Å². The first-order valence-electron chi connectivity index (χ1n) is 9.37. The molecule has 0 aliphatic heterocycles. The van der Waals surface area contributed by atoms with Gasteiger partial charge in [0.05, 0.1) is 0 Å². The summed E-state index contributed by atoms with van der Waals surface area (Å²) in [5.74, 6) is -1.64. The minimum Gasteiger partial charge on any atom is -0.446 e. The van der Waals surface area contributed by atoms with Crippen LogP contribution in [0.2, 0.25) is 0 Å². The molecule has 5 amide bonds. The van der Waals surface area contributed by atoms with E-state index >= 15 is 0 Å². The lowest BCUT2D eigenvalue weighted by Crippen LogP contribution is -2.45. The van der Waals surface area contributed by atoms with E-state index in [0.29, 0.717) is 17.8 Å². The van der Waals surface area contributed by atoms with Crippen LogP contribution in [0.1, 0.15) is 25.5 Å². The maximum atomic E-state index is 12.5. The molecule has 2 aromatic rings. The van der Waals surface area contributed by atoms with Crippen molar-refractivity contribution in [1.29, 1.82) is 0 Å². The molecule has 2 aromatic carbocycles. The molecule has 9 heteroatoms. The first-order chi connectivity index (χ1) is 14.4. The molecule has 0 unspecified atom stereocenters. The summed E-state index contributed by atoms with van der Waals surface area (Å²) in [6.07, 6.45) is -1.36. The van der Waals surface area contributed by atoms with Gasteiger partial charge in [0.15, 0.2) is 0 Å². The number of carbonyl (C=O) groups is 4. The molecule has 0 aliphatic rings. The largest absolute Gasteiger partial charge is 0.446 e. The number of imide groups is 1. The van der Waals surface area contributed by atoms with Crippen LogP contribution in [-0.4, -0.2) is 36.5 Å². The van der Waals surface area contributed by atoms with Gasteiger partial charge in [0.2, 0.25) is 6.10 Å². The number of anilines is 1.